The van der Waals surface area contributed by atoms with Crippen molar-refractivity contribution >= 4 is 50.1 Å². The van der Waals surface area contributed by atoms with Gasteiger partial charge in [0.05, 0.1) is 20.7 Å². The van der Waals surface area contributed by atoms with Crippen molar-refractivity contribution in [3.05, 3.63) is 26.7 Å². The number of hydrogen-bond acceptors (Lipinski definition) is 2. The summed E-state index contributed by atoms with van der Waals surface area (Å²) in [6, 6.07) is 0. The lowest BCUT2D eigenvalue weighted by Crippen LogP contribution is -2.06. The Kier molecular flexibility index (Phi) is 3.34. The molecule has 1 rings (SSSR count). The SMILES string of the molecule is Nc1c(F)c(Br)c(Cl)c(F)c1C(=O)Cl. The summed E-state index contributed by atoms with van der Waals surface area (Å²) in [5.41, 5.74) is 3.72. The fourth-order valence-electron chi connectivity index (χ4n) is 0.841. The van der Waals surface area contributed by atoms with Crippen LogP contribution in [-0.2, 0) is 0 Å². The van der Waals surface area contributed by atoms with Crippen molar-refractivity contribution in [1.82, 2.24) is 0 Å². The van der Waals surface area contributed by atoms with Gasteiger partial charge in [-0.25, -0.2) is 8.78 Å². The molecular formula is C7H2BrCl2F2NO. The van der Waals surface area contributed by atoms with E-state index >= 15 is 0 Å². The Bertz CT molecular complexity index is 396. The van der Waals surface area contributed by atoms with Gasteiger partial charge in [-0.3, -0.25) is 4.79 Å². The molecule has 0 aliphatic rings. The Hall–Kier alpha value is -0.390. The van der Waals surface area contributed by atoms with Gasteiger partial charge in [-0.05, 0) is 27.5 Å². The molecule has 0 fully saturated rings. The van der Waals surface area contributed by atoms with E-state index in [0.29, 0.717) is 0 Å². The molecule has 0 unspecified atom stereocenters. The maximum absolute atomic E-state index is 13.2. The molecule has 76 valence electrons. The van der Waals surface area contributed by atoms with Gasteiger partial charge in [-0.15, -0.1) is 0 Å². The summed E-state index contributed by atoms with van der Waals surface area (Å²) in [6.07, 6.45) is 0. The van der Waals surface area contributed by atoms with Gasteiger partial charge in [-0.2, -0.15) is 0 Å². The van der Waals surface area contributed by atoms with Crippen LogP contribution in [0.1, 0.15) is 10.4 Å². The molecule has 0 saturated heterocycles. The summed E-state index contributed by atoms with van der Waals surface area (Å²) in [4.78, 5) is 10.7. The van der Waals surface area contributed by atoms with Gasteiger partial charge in [0.25, 0.3) is 5.24 Å². The molecule has 0 spiro atoms. The molecule has 0 saturated carbocycles. The molecule has 0 radical (unpaired) electrons. The van der Waals surface area contributed by atoms with Gasteiger partial charge < -0.3 is 5.73 Å². The van der Waals surface area contributed by atoms with Crippen molar-refractivity contribution in [2.24, 2.45) is 0 Å². The van der Waals surface area contributed by atoms with Gasteiger partial charge in [0, 0.05) is 0 Å². The smallest absolute Gasteiger partial charge is 0.257 e. The standard InChI is InChI=1S/C7H2BrCl2F2NO/c8-2-3(9)4(11)1(7(10)14)6(13)5(2)12/h13H2. The van der Waals surface area contributed by atoms with E-state index in [-0.39, 0.29) is 4.47 Å². The Morgan fingerprint density at radius 1 is 1.36 bits per heavy atom. The molecular weight excluding hydrogens is 303 g/mol. The zero-order valence-corrected chi connectivity index (χ0v) is 9.47. The minimum absolute atomic E-state index is 0.337. The lowest BCUT2D eigenvalue weighted by atomic mass is 10.2. The first kappa shape index (κ1) is 11.7. The monoisotopic (exact) mass is 303 g/mol. The second-order valence-corrected chi connectivity index (χ2v) is 3.83. The van der Waals surface area contributed by atoms with Crippen LogP contribution in [0.4, 0.5) is 14.5 Å². The maximum atomic E-state index is 13.2. The number of halogens is 5. The first-order valence-corrected chi connectivity index (χ1v) is 4.74. The van der Waals surface area contributed by atoms with E-state index in [0.717, 1.165) is 0 Å². The number of benzene rings is 1. The summed E-state index contributed by atoms with van der Waals surface area (Å²) in [6.45, 7) is 0. The fraction of sp³-hybridized carbons (Fsp3) is 0. The molecule has 0 aromatic heterocycles. The van der Waals surface area contributed by atoms with E-state index in [1.165, 1.54) is 0 Å². The van der Waals surface area contributed by atoms with Crippen LogP contribution in [-0.4, -0.2) is 5.24 Å². The number of anilines is 1. The van der Waals surface area contributed by atoms with Crippen LogP contribution >= 0.6 is 39.1 Å². The number of nitrogens with two attached hydrogens (primary N) is 1. The Morgan fingerprint density at radius 3 is 2.29 bits per heavy atom. The highest BCUT2D eigenvalue weighted by Gasteiger charge is 2.24. The first-order chi connectivity index (χ1) is 6.37. The van der Waals surface area contributed by atoms with Crippen LogP contribution in [0, 0.1) is 11.6 Å². The second kappa shape index (κ2) is 4.00. The van der Waals surface area contributed by atoms with Crippen molar-refractivity contribution in [3.63, 3.8) is 0 Å². The van der Waals surface area contributed by atoms with Crippen molar-refractivity contribution in [2.75, 3.05) is 5.73 Å². The number of carbonyl (C=O) groups excluding carboxylic acids is 1. The number of carbonyl (C=O) groups is 1. The zero-order valence-electron chi connectivity index (χ0n) is 6.38. The molecule has 14 heavy (non-hydrogen) atoms. The van der Waals surface area contributed by atoms with E-state index in [2.05, 4.69) is 15.9 Å². The molecule has 0 bridgehead atoms. The van der Waals surface area contributed by atoms with Crippen molar-refractivity contribution in [2.45, 2.75) is 0 Å². The molecule has 7 heteroatoms. The van der Waals surface area contributed by atoms with E-state index < -0.39 is 33.2 Å². The quantitative estimate of drug-likeness (QED) is 0.374. The van der Waals surface area contributed by atoms with Gasteiger partial charge >= 0.3 is 0 Å². The lowest BCUT2D eigenvalue weighted by Gasteiger charge is -2.07. The Labute approximate surface area is 96.1 Å². The van der Waals surface area contributed by atoms with Gasteiger partial charge in [0.2, 0.25) is 0 Å². The first-order valence-electron chi connectivity index (χ1n) is 3.19. The van der Waals surface area contributed by atoms with E-state index in [9.17, 15) is 13.6 Å². The number of hydrogen-bond donors (Lipinski definition) is 1. The van der Waals surface area contributed by atoms with Crippen LogP contribution in [0.5, 0.6) is 0 Å². The molecule has 2 nitrogen and oxygen atoms in total. The summed E-state index contributed by atoms with van der Waals surface area (Å²) in [5, 5.41) is -1.77. The van der Waals surface area contributed by atoms with Gasteiger partial charge in [-0.1, -0.05) is 11.6 Å². The average molecular weight is 305 g/mol. The third kappa shape index (κ3) is 1.71. The molecule has 0 atom stereocenters. The predicted octanol–water partition coefficient (Wildman–Crippen LogP) is 3.34. The van der Waals surface area contributed by atoms with Crippen molar-refractivity contribution in [3.8, 4) is 0 Å². The number of nitrogen functional groups attached to an aromatic ring is 1. The third-order valence-corrected chi connectivity index (χ3v) is 3.02. The molecule has 0 aliphatic heterocycles. The molecule has 0 amide bonds. The third-order valence-electron chi connectivity index (χ3n) is 1.50. The fourth-order valence-corrected chi connectivity index (χ4v) is 1.59. The van der Waals surface area contributed by atoms with Gasteiger partial charge in [0.15, 0.2) is 11.6 Å². The van der Waals surface area contributed by atoms with Crippen LogP contribution in [0.25, 0.3) is 0 Å². The van der Waals surface area contributed by atoms with E-state index in [1.54, 1.807) is 0 Å². The second-order valence-electron chi connectivity index (χ2n) is 2.32. The minimum atomic E-state index is -1.20. The normalized spacial score (nSPS) is 10.4. The Balaban J connectivity index is 3.68. The van der Waals surface area contributed by atoms with Crippen molar-refractivity contribution in [1.29, 1.82) is 0 Å². The van der Waals surface area contributed by atoms with Gasteiger partial charge in [0.1, 0.15) is 0 Å². The van der Waals surface area contributed by atoms with Crippen LogP contribution < -0.4 is 5.73 Å². The molecule has 0 heterocycles. The maximum Gasteiger partial charge on any atom is 0.257 e. The average Bonchev–Trinajstić information content (AvgIpc) is 2.11. The summed E-state index contributed by atoms with van der Waals surface area (Å²) < 4.78 is 26.1. The lowest BCUT2D eigenvalue weighted by molar-refractivity contribution is 0.107. The molecule has 1 aromatic carbocycles. The molecule has 0 aliphatic carbocycles. The van der Waals surface area contributed by atoms with Crippen LogP contribution in [0.2, 0.25) is 5.02 Å². The Morgan fingerprint density at radius 2 is 1.86 bits per heavy atom. The summed E-state index contributed by atoms with van der Waals surface area (Å²) >= 11 is 13.1. The molecule has 2 N–H and O–H groups in total. The largest absolute Gasteiger partial charge is 0.396 e. The van der Waals surface area contributed by atoms with Crippen LogP contribution in [0.15, 0.2) is 4.47 Å². The van der Waals surface area contributed by atoms with Crippen molar-refractivity contribution < 1.29 is 13.6 Å². The predicted molar refractivity (Wildman–Crippen MR) is 53.7 cm³/mol. The minimum Gasteiger partial charge on any atom is -0.396 e. The summed E-state index contributed by atoms with van der Waals surface area (Å²) in [5.74, 6) is -2.15. The molecule has 1 aromatic rings. The highest BCUT2D eigenvalue weighted by Crippen LogP contribution is 2.35. The van der Waals surface area contributed by atoms with Crippen LogP contribution in [0.3, 0.4) is 0 Å². The zero-order chi connectivity index (χ0) is 11.0. The topological polar surface area (TPSA) is 43.1 Å². The number of rotatable bonds is 1. The van der Waals surface area contributed by atoms with E-state index in [1.807, 2.05) is 0 Å². The highest BCUT2D eigenvalue weighted by atomic mass is 79.9. The summed E-state index contributed by atoms with van der Waals surface area (Å²) in [7, 11) is 0. The van der Waals surface area contributed by atoms with E-state index in [4.69, 9.17) is 28.9 Å². The highest BCUT2D eigenvalue weighted by molar-refractivity contribution is 9.10.